The van der Waals surface area contributed by atoms with Crippen molar-refractivity contribution >= 4 is 6.03 Å². The van der Waals surface area contributed by atoms with Gasteiger partial charge in [0, 0.05) is 17.1 Å². The fourth-order valence-electron chi connectivity index (χ4n) is 3.33. The largest absolute Gasteiger partial charge is 0.394 e. The van der Waals surface area contributed by atoms with Gasteiger partial charge in [0.05, 0.1) is 18.8 Å². The molecule has 0 radical (unpaired) electrons. The standard InChI is InChI=1S/C15H31N3O3/c1-6-15(9-19,10-20)17-12(21)16-11-7-13(2,3)18-14(4,5)8-11/h11,18-20H,6-10H2,1-5H3,(H2,16,17,21). The SMILES string of the molecule is CCC(CO)(CO)NC(=O)NC1CC(C)(C)NC(C)(C)C1. The number of rotatable bonds is 5. The van der Waals surface area contributed by atoms with Crippen molar-refractivity contribution in [1.82, 2.24) is 16.0 Å². The summed E-state index contributed by atoms with van der Waals surface area (Å²) in [6, 6.07) is -0.276. The number of aliphatic hydroxyl groups is 2. The average molecular weight is 301 g/mol. The van der Waals surface area contributed by atoms with Gasteiger partial charge in [-0.1, -0.05) is 6.92 Å². The zero-order valence-electron chi connectivity index (χ0n) is 13.9. The van der Waals surface area contributed by atoms with E-state index in [0.29, 0.717) is 6.42 Å². The summed E-state index contributed by atoms with van der Waals surface area (Å²) in [5.41, 5.74) is -1.05. The molecule has 0 aromatic heterocycles. The highest BCUT2D eigenvalue weighted by Gasteiger charge is 2.38. The Hall–Kier alpha value is -0.850. The molecule has 2 amide bonds. The van der Waals surface area contributed by atoms with Crippen LogP contribution in [-0.2, 0) is 0 Å². The van der Waals surface area contributed by atoms with Gasteiger partial charge in [0.2, 0.25) is 0 Å². The summed E-state index contributed by atoms with van der Waals surface area (Å²) in [6.07, 6.45) is 2.14. The quantitative estimate of drug-likeness (QED) is 0.517. The van der Waals surface area contributed by atoms with E-state index in [4.69, 9.17) is 0 Å². The zero-order chi connectivity index (χ0) is 16.3. The average Bonchev–Trinajstić information content (AvgIpc) is 2.32. The minimum absolute atomic E-state index is 0.0461. The molecule has 0 atom stereocenters. The van der Waals surface area contributed by atoms with Gasteiger partial charge in [0.1, 0.15) is 0 Å². The molecule has 0 saturated carbocycles. The van der Waals surface area contributed by atoms with Crippen LogP contribution in [0.25, 0.3) is 0 Å². The van der Waals surface area contributed by atoms with Gasteiger partial charge in [-0.15, -0.1) is 0 Å². The lowest BCUT2D eigenvalue weighted by atomic mass is 9.79. The van der Waals surface area contributed by atoms with Gasteiger partial charge in [-0.05, 0) is 47.0 Å². The maximum absolute atomic E-state index is 12.2. The van der Waals surface area contributed by atoms with Crippen molar-refractivity contribution in [2.24, 2.45) is 0 Å². The van der Waals surface area contributed by atoms with Crippen LogP contribution >= 0.6 is 0 Å². The van der Waals surface area contributed by atoms with E-state index in [-0.39, 0.29) is 36.4 Å². The second-order valence-electron chi connectivity index (χ2n) is 7.55. The molecule has 6 nitrogen and oxygen atoms in total. The van der Waals surface area contributed by atoms with E-state index in [9.17, 15) is 15.0 Å². The van der Waals surface area contributed by atoms with Crippen LogP contribution in [0, 0.1) is 0 Å². The molecule has 5 N–H and O–H groups in total. The molecular weight excluding hydrogens is 270 g/mol. The van der Waals surface area contributed by atoms with E-state index in [0.717, 1.165) is 12.8 Å². The molecule has 1 aliphatic heterocycles. The number of hydrogen-bond donors (Lipinski definition) is 5. The molecule has 0 aliphatic carbocycles. The summed E-state index contributed by atoms with van der Waals surface area (Å²) in [5.74, 6) is 0. The minimum Gasteiger partial charge on any atom is -0.394 e. The van der Waals surface area contributed by atoms with Crippen molar-refractivity contribution in [3.8, 4) is 0 Å². The van der Waals surface area contributed by atoms with Gasteiger partial charge in [-0.3, -0.25) is 0 Å². The maximum atomic E-state index is 12.2. The molecule has 1 aliphatic rings. The predicted octanol–water partition coefficient (Wildman–Crippen LogP) is 0.728. The van der Waals surface area contributed by atoms with Gasteiger partial charge >= 0.3 is 6.03 Å². The molecule has 0 bridgehead atoms. The van der Waals surface area contributed by atoms with Crippen molar-refractivity contribution in [3.05, 3.63) is 0 Å². The molecule has 124 valence electrons. The van der Waals surface area contributed by atoms with Gasteiger partial charge in [-0.2, -0.15) is 0 Å². The molecule has 6 heteroatoms. The number of amides is 2. The number of nitrogens with one attached hydrogen (secondary N) is 3. The van der Waals surface area contributed by atoms with Gasteiger partial charge in [0.25, 0.3) is 0 Å². The third-order valence-corrected chi connectivity index (χ3v) is 4.19. The first-order valence-electron chi connectivity index (χ1n) is 7.67. The number of piperidine rings is 1. The first-order chi connectivity index (χ1) is 9.57. The molecular formula is C15H31N3O3. The Kier molecular flexibility index (Phi) is 5.63. The van der Waals surface area contributed by atoms with Crippen molar-refractivity contribution in [2.75, 3.05) is 13.2 Å². The third kappa shape index (κ3) is 5.13. The van der Waals surface area contributed by atoms with Crippen molar-refractivity contribution in [2.45, 2.75) is 76.5 Å². The van der Waals surface area contributed by atoms with Crippen LogP contribution < -0.4 is 16.0 Å². The van der Waals surface area contributed by atoms with Gasteiger partial charge in [-0.25, -0.2) is 4.79 Å². The smallest absolute Gasteiger partial charge is 0.315 e. The van der Waals surface area contributed by atoms with E-state index in [2.05, 4.69) is 43.6 Å². The Bertz CT molecular complexity index is 341. The molecule has 0 aromatic carbocycles. The Morgan fingerprint density at radius 1 is 1.19 bits per heavy atom. The lowest BCUT2D eigenvalue weighted by molar-refractivity contribution is 0.0905. The van der Waals surface area contributed by atoms with E-state index < -0.39 is 5.54 Å². The summed E-state index contributed by atoms with van der Waals surface area (Å²) in [6.45, 7) is 9.75. The fraction of sp³-hybridized carbons (Fsp3) is 0.933. The summed E-state index contributed by atoms with van der Waals surface area (Å²) in [7, 11) is 0. The number of carbonyl (C=O) groups excluding carboxylic acids is 1. The Morgan fingerprint density at radius 3 is 2.05 bits per heavy atom. The second-order valence-corrected chi connectivity index (χ2v) is 7.55. The topological polar surface area (TPSA) is 93.6 Å². The molecule has 0 aromatic rings. The minimum atomic E-state index is -0.956. The van der Waals surface area contributed by atoms with Crippen molar-refractivity contribution < 1.29 is 15.0 Å². The highest BCUT2D eigenvalue weighted by atomic mass is 16.3. The first-order valence-corrected chi connectivity index (χ1v) is 7.67. The van der Waals surface area contributed by atoms with Crippen LogP contribution in [0.4, 0.5) is 4.79 Å². The van der Waals surface area contributed by atoms with Gasteiger partial charge < -0.3 is 26.2 Å². The Labute approximate surface area is 127 Å². The van der Waals surface area contributed by atoms with Crippen LogP contribution in [0.5, 0.6) is 0 Å². The summed E-state index contributed by atoms with van der Waals surface area (Å²) in [4.78, 5) is 12.2. The molecule has 0 spiro atoms. The Morgan fingerprint density at radius 2 is 1.67 bits per heavy atom. The predicted molar refractivity (Wildman–Crippen MR) is 83.2 cm³/mol. The van der Waals surface area contributed by atoms with Crippen molar-refractivity contribution in [3.63, 3.8) is 0 Å². The first kappa shape index (κ1) is 18.2. The third-order valence-electron chi connectivity index (χ3n) is 4.19. The molecule has 1 fully saturated rings. The fourth-order valence-corrected chi connectivity index (χ4v) is 3.33. The van der Waals surface area contributed by atoms with Crippen LogP contribution in [-0.4, -0.2) is 52.1 Å². The Balaban J connectivity index is 2.66. The van der Waals surface area contributed by atoms with Crippen molar-refractivity contribution in [1.29, 1.82) is 0 Å². The second kappa shape index (κ2) is 6.50. The van der Waals surface area contributed by atoms with Gasteiger partial charge in [0.15, 0.2) is 0 Å². The van der Waals surface area contributed by atoms with E-state index >= 15 is 0 Å². The van der Waals surface area contributed by atoms with Crippen LogP contribution in [0.15, 0.2) is 0 Å². The van der Waals surface area contributed by atoms with Crippen LogP contribution in [0.1, 0.15) is 53.9 Å². The summed E-state index contributed by atoms with van der Waals surface area (Å²) < 4.78 is 0. The molecule has 0 unspecified atom stereocenters. The lowest BCUT2D eigenvalue weighted by Gasteiger charge is -2.46. The summed E-state index contributed by atoms with van der Waals surface area (Å²) >= 11 is 0. The number of hydrogen-bond acceptors (Lipinski definition) is 4. The highest BCUT2D eigenvalue weighted by molar-refractivity contribution is 5.75. The number of carbonyl (C=O) groups is 1. The molecule has 1 rings (SSSR count). The zero-order valence-corrected chi connectivity index (χ0v) is 13.9. The number of urea groups is 1. The van der Waals surface area contributed by atoms with Crippen LogP contribution in [0.3, 0.4) is 0 Å². The lowest BCUT2D eigenvalue weighted by Crippen LogP contribution is -2.64. The monoisotopic (exact) mass is 301 g/mol. The normalized spacial score (nSPS) is 21.9. The summed E-state index contributed by atoms with van der Waals surface area (Å²) in [5, 5.41) is 28.0. The maximum Gasteiger partial charge on any atom is 0.315 e. The van der Waals surface area contributed by atoms with E-state index in [1.165, 1.54) is 0 Å². The van der Waals surface area contributed by atoms with E-state index in [1.54, 1.807) is 0 Å². The molecule has 1 heterocycles. The highest BCUT2D eigenvalue weighted by Crippen LogP contribution is 2.28. The number of aliphatic hydroxyl groups excluding tert-OH is 2. The molecule has 1 saturated heterocycles. The molecule has 21 heavy (non-hydrogen) atoms. The van der Waals surface area contributed by atoms with E-state index in [1.807, 2.05) is 6.92 Å². The van der Waals surface area contributed by atoms with Crippen LogP contribution in [0.2, 0.25) is 0 Å².